The van der Waals surface area contributed by atoms with Gasteiger partial charge < -0.3 is 57.6 Å². The summed E-state index contributed by atoms with van der Waals surface area (Å²) < 4.78 is 74.6. The summed E-state index contributed by atoms with van der Waals surface area (Å²) in [7, 11) is 0. The van der Waals surface area contributed by atoms with E-state index in [0.29, 0.717) is 64.2 Å². The Kier molecular flexibility index (Phi) is 44.5. The number of unbranched alkanes of at least 4 members (excludes halogenated alkanes) is 16. The number of hydrogen-bond acceptors (Lipinski definition) is 13. The lowest BCUT2D eigenvalue weighted by molar-refractivity contribution is -0.559. The van der Waals surface area contributed by atoms with Gasteiger partial charge in [0.05, 0.1) is 52.9 Å². The molecule has 0 heterocycles. The molecule has 3 atom stereocenters. The molecule has 0 rings (SSSR count). The summed E-state index contributed by atoms with van der Waals surface area (Å²) in [6, 6.07) is -1.78. The Bertz CT molecular complexity index is 1180. The molecule has 15 heteroatoms. The topological polar surface area (TPSA) is 170 Å². The molecule has 0 aliphatic heterocycles. The number of ether oxygens (including phenoxy) is 10. The van der Waals surface area contributed by atoms with Gasteiger partial charge in [-0.25, -0.2) is 0 Å². The first kappa shape index (κ1) is 72.5. The molecule has 0 saturated carbocycles. The Morgan fingerprint density at radius 2 is 0.622 bits per heavy atom. The Morgan fingerprint density at radius 3 is 0.811 bits per heavy atom. The van der Waals surface area contributed by atoms with Crippen molar-refractivity contribution in [2.75, 3.05) is 66.1 Å². The average molecular weight is 1060 g/mol. The van der Waals surface area contributed by atoms with E-state index < -0.39 is 66.4 Å². The fourth-order valence-electron chi connectivity index (χ4n) is 9.50. The van der Waals surface area contributed by atoms with Crippen LogP contribution in [0.1, 0.15) is 263 Å². The highest BCUT2D eigenvalue weighted by Crippen LogP contribution is 2.53. The van der Waals surface area contributed by atoms with Crippen molar-refractivity contribution < 1.29 is 67.2 Å². The van der Waals surface area contributed by atoms with Crippen LogP contribution in [0, 0.1) is 0 Å². The molecule has 0 aromatic carbocycles. The van der Waals surface area contributed by atoms with Gasteiger partial charge in [-0.1, -0.05) is 172 Å². The predicted octanol–water partition coefficient (Wildman–Crippen LogP) is 14.6. The largest absolute Gasteiger partial charge is 0.481 e. The van der Waals surface area contributed by atoms with E-state index in [2.05, 4.69) is 55.4 Å². The second kappa shape index (κ2) is 45.4. The molecule has 0 amide bonds. The minimum atomic E-state index is -2.44. The van der Waals surface area contributed by atoms with Crippen molar-refractivity contribution in [3.05, 3.63) is 0 Å². The molecule has 2 unspecified atom stereocenters. The number of carboxylic acid groups (broad SMARTS) is 2. The summed E-state index contributed by atoms with van der Waals surface area (Å²) in [5.74, 6) is -11.6. The van der Waals surface area contributed by atoms with Crippen LogP contribution in [0.5, 0.6) is 0 Å². The third kappa shape index (κ3) is 23.8. The SMILES string of the molecule is CCCCCOC(OCCCCC)(C(CC)OCC)C(OCCCCC)(OCCCCC)N([C@@H](CCC(=O)O)C(=O)O)C(OCCCCC)(OCCCCC)C(OCCCCC)(OCCCCC)C(CC)OCC. The minimum absolute atomic E-state index is 0.0659. The maximum absolute atomic E-state index is 15.1. The van der Waals surface area contributed by atoms with Gasteiger partial charge in [0.2, 0.25) is 0 Å². The fraction of sp³-hybridized carbons (Fsp3) is 0.966. The fourth-order valence-corrected chi connectivity index (χ4v) is 9.50. The number of hydrogen-bond donors (Lipinski definition) is 2. The van der Waals surface area contributed by atoms with E-state index in [-0.39, 0.29) is 66.1 Å². The Morgan fingerprint density at radius 1 is 0.378 bits per heavy atom. The molecule has 74 heavy (non-hydrogen) atoms. The van der Waals surface area contributed by atoms with Crippen molar-refractivity contribution in [3.63, 3.8) is 0 Å². The second-order valence-corrected chi connectivity index (χ2v) is 19.8. The van der Waals surface area contributed by atoms with Crippen molar-refractivity contribution in [2.24, 2.45) is 0 Å². The number of rotatable bonds is 57. The van der Waals surface area contributed by atoms with Gasteiger partial charge in [0.1, 0.15) is 18.2 Å². The van der Waals surface area contributed by atoms with Gasteiger partial charge in [0, 0.05) is 19.6 Å². The first-order valence-electron chi connectivity index (χ1n) is 30.5. The lowest BCUT2D eigenvalue weighted by Gasteiger charge is -2.63. The summed E-state index contributed by atoms with van der Waals surface area (Å²) in [6.45, 7) is 26.3. The summed E-state index contributed by atoms with van der Waals surface area (Å²) in [5.41, 5.74) is 0. The van der Waals surface area contributed by atoms with Crippen LogP contribution in [-0.4, -0.2) is 135 Å². The Balaban J connectivity index is 10.7. The van der Waals surface area contributed by atoms with E-state index in [1.165, 1.54) is 4.90 Å². The van der Waals surface area contributed by atoms with Crippen molar-refractivity contribution >= 4 is 11.9 Å². The lowest BCUT2D eigenvalue weighted by Crippen LogP contribution is -2.86. The zero-order valence-corrected chi connectivity index (χ0v) is 49.8. The van der Waals surface area contributed by atoms with Crippen LogP contribution in [0.15, 0.2) is 0 Å². The smallest absolute Gasteiger partial charge is 0.321 e. The maximum Gasteiger partial charge on any atom is 0.321 e. The molecule has 0 aliphatic rings. The highest BCUT2D eigenvalue weighted by Gasteiger charge is 2.77. The van der Waals surface area contributed by atoms with Gasteiger partial charge in [-0.2, -0.15) is 4.90 Å². The average Bonchev–Trinajstić information content (AvgIpc) is 3.39. The van der Waals surface area contributed by atoms with E-state index in [1.54, 1.807) is 0 Å². The van der Waals surface area contributed by atoms with Crippen molar-refractivity contribution in [3.8, 4) is 0 Å². The van der Waals surface area contributed by atoms with Gasteiger partial charge in [-0.3, -0.25) is 9.59 Å². The van der Waals surface area contributed by atoms with Gasteiger partial charge in [0.25, 0.3) is 23.4 Å². The van der Waals surface area contributed by atoms with E-state index in [1.807, 2.05) is 27.7 Å². The number of carboxylic acids is 2. The van der Waals surface area contributed by atoms with Crippen molar-refractivity contribution in [1.82, 2.24) is 4.90 Å². The molecule has 0 aliphatic carbocycles. The second-order valence-electron chi connectivity index (χ2n) is 19.8. The van der Waals surface area contributed by atoms with E-state index in [4.69, 9.17) is 47.4 Å². The molecule has 0 bridgehead atoms. The summed E-state index contributed by atoms with van der Waals surface area (Å²) in [5, 5.41) is 22.9. The molecular weight excluding hydrogens is 947 g/mol. The summed E-state index contributed by atoms with van der Waals surface area (Å²) in [6.07, 6.45) is 16.3. The molecule has 0 fully saturated rings. The molecule has 0 saturated heterocycles. The molecule has 0 aromatic rings. The van der Waals surface area contributed by atoms with Gasteiger partial charge in [-0.15, -0.1) is 0 Å². The van der Waals surface area contributed by atoms with Crippen LogP contribution in [0.25, 0.3) is 0 Å². The maximum atomic E-state index is 15.1. The van der Waals surface area contributed by atoms with Gasteiger partial charge in [0.15, 0.2) is 0 Å². The predicted molar refractivity (Wildman–Crippen MR) is 296 cm³/mol. The Hall–Kier alpha value is -1.50. The van der Waals surface area contributed by atoms with Crippen LogP contribution >= 0.6 is 0 Å². The molecule has 15 nitrogen and oxygen atoms in total. The normalized spacial score (nSPS) is 14.0. The van der Waals surface area contributed by atoms with Crippen LogP contribution in [0.3, 0.4) is 0 Å². The quantitative estimate of drug-likeness (QED) is 0.0435. The third-order valence-electron chi connectivity index (χ3n) is 13.5. The van der Waals surface area contributed by atoms with Crippen LogP contribution in [0.2, 0.25) is 0 Å². The molecule has 442 valence electrons. The Labute approximate surface area is 453 Å². The van der Waals surface area contributed by atoms with Crippen molar-refractivity contribution in [2.45, 2.75) is 305 Å². The zero-order valence-electron chi connectivity index (χ0n) is 49.8. The summed E-state index contributed by atoms with van der Waals surface area (Å²) >= 11 is 0. The molecule has 0 radical (unpaired) electrons. The highest BCUT2D eigenvalue weighted by molar-refractivity contribution is 5.75. The monoisotopic (exact) mass is 1060 g/mol. The molecule has 0 spiro atoms. The van der Waals surface area contributed by atoms with Crippen LogP contribution in [-0.2, 0) is 57.0 Å². The third-order valence-corrected chi connectivity index (χ3v) is 13.5. The van der Waals surface area contributed by atoms with E-state index >= 15 is 4.79 Å². The molecule has 2 N–H and O–H groups in total. The summed E-state index contributed by atoms with van der Waals surface area (Å²) in [4.78, 5) is 29.6. The highest BCUT2D eigenvalue weighted by atomic mass is 16.9. The number of aliphatic carboxylic acids is 2. The number of carbonyl (C=O) groups is 2. The lowest BCUT2D eigenvalue weighted by atomic mass is 9.91. The van der Waals surface area contributed by atoms with Gasteiger partial charge >= 0.3 is 11.9 Å². The van der Waals surface area contributed by atoms with Gasteiger partial charge in [-0.05, 0) is 84.5 Å². The molecular formula is C59H117NO14. The molecule has 0 aromatic heterocycles. The van der Waals surface area contributed by atoms with Crippen LogP contribution < -0.4 is 0 Å². The number of nitrogens with zero attached hydrogens (tertiary/aromatic N) is 1. The van der Waals surface area contributed by atoms with E-state index in [9.17, 15) is 15.0 Å². The standard InChI is InChI=1S/C59H117NO14/c1-13-25-33-43-67-56(52(21-9)65-23-11,68-44-34-26-14-2)58(71-47-37-29-17-5,72-48-38-30-18-6)60(51(55(63)64)41-42-54(61)62)59(73-49-39-31-19-7,74-50-40-32-20-8)57(53(22-10)66-24-12,69-45-35-27-15-3)70-46-36-28-16-4/h51-53H,13-50H2,1-12H3,(H,61,62)(H,63,64)/t51-,52?,53?/m0/s1. The van der Waals surface area contributed by atoms with Crippen molar-refractivity contribution in [1.29, 1.82) is 0 Å². The van der Waals surface area contributed by atoms with E-state index in [0.717, 1.165) is 103 Å². The first-order valence-corrected chi connectivity index (χ1v) is 30.5. The minimum Gasteiger partial charge on any atom is -0.481 e. The first-order chi connectivity index (χ1) is 35.9. The zero-order chi connectivity index (χ0) is 55.4. The van der Waals surface area contributed by atoms with Crippen LogP contribution in [0.4, 0.5) is 0 Å².